The Morgan fingerprint density at radius 2 is 2.12 bits per heavy atom. The lowest BCUT2D eigenvalue weighted by Crippen LogP contribution is -2.27. The number of nitrogens with zero attached hydrogens (tertiary/aromatic N) is 4. The van der Waals surface area contributed by atoms with Crippen molar-refractivity contribution in [3.8, 4) is 11.3 Å². The minimum Gasteiger partial charge on any atom is -0.394 e. The summed E-state index contributed by atoms with van der Waals surface area (Å²) in [4.78, 5) is 26.6. The van der Waals surface area contributed by atoms with E-state index in [1.807, 2.05) is 0 Å². The number of anilines is 1. The van der Waals surface area contributed by atoms with E-state index in [2.05, 4.69) is 22.2 Å². The zero-order valence-corrected chi connectivity index (χ0v) is 19.3. The van der Waals surface area contributed by atoms with Crippen LogP contribution in [0.4, 0.5) is 10.3 Å². The van der Waals surface area contributed by atoms with Gasteiger partial charge in [-0.1, -0.05) is 17.7 Å². The zero-order valence-electron chi connectivity index (χ0n) is 18.5. The smallest absolute Gasteiger partial charge is 0.251 e. The van der Waals surface area contributed by atoms with E-state index in [1.54, 1.807) is 24.5 Å². The first-order valence-corrected chi connectivity index (χ1v) is 11.5. The molecule has 34 heavy (non-hydrogen) atoms. The van der Waals surface area contributed by atoms with Crippen molar-refractivity contribution in [3.63, 3.8) is 0 Å². The fourth-order valence-electron chi connectivity index (χ4n) is 4.57. The van der Waals surface area contributed by atoms with Gasteiger partial charge in [0.2, 0.25) is 5.95 Å². The Bertz CT molecular complexity index is 1380. The van der Waals surface area contributed by atoms with Gasteiger partial charge < -0.3 is 15.0 Å². The number of hydrogen-bond acceptors (Lipinski definition) is 6. The van der Waals surface area contributed by atoms with Crippen LogP contribution >= 0.6 is 11.6 Å². The minimum absolute atomic E-state index is 0.0527. The van der Waals surface area contributed by atoms with Gasteiger partial charge in [0.05, 0.1) is 29.4 Å². The third kappa shape index (κ3) is 4.15. The molecule has 2 aliphatic rings. The molecule has 174 valence electrons. The summed E-state index contributed by atoms with van der Waals surface area (Å²) in [6.45, 7) is 1.71. The third-order valence-electron chi connectivity index (χ3n) is 6.26. The van der Waals surface area contributed by atoms with Crippen LogP contribution in [0.25, 0.3) is 11.3 Å². The second-order valence-corrected chi connectivity index (χ2v) is 8.83. The summed E-state index contributed by atoms with van der Waals surface area (Å²) in [5.41, 5.74) is 4.90. The SMILES string of the molecule is CC1N=C2CCCC2=C1Nc1nccc(-c2ccn([C@H](CO)c3ccc(F)c(Cl)c3)c(=O)c2)n1. The second kappa shape index (κ2) is 9.12. The van der Waals surface area contributed by atoms with Gasteiger partial charge in [-0.05, 0) is 61.6 Å². The van der Waals surface area contributed by atoms with Gasteiger partial charge in [0, 0.05) is 35.4 Å². The van der Waals surface area contributed by atoms with E-state index in [-0.39, 0.29) is 23.2 Å². The summed E-state index contributed by atoms with van der Waals surface area (Å²) in [6.07, 6.45) is 6.37. The van der Waals surface area contributed by atoms with Crippen molar-refractivity contribution in [2.75, 3.05) is 11.9 Å². The summed E-state index contributed by atoms with van der Waals surface area (Å²) in [7, 11) is 0. The standard InChI is InChI=1S/C25H23ClFN5O2/c1-14-24(17-3-2-4-21(17)29-14)31-25-28-9-7-20(30-25)15-8-10-32(23(34)12-15)22(13-33)16-5-6-19(27)18(26)11-16/h5-12,14,22,33H,2-4,13H2,1H3,(H,28,30,31)/t14?,22-/m1/s1. The minimum atomic E-state index is -0.694. The molecule has 5 rings (SSSR count). The summed E-state index contributed by atoms with van der Waals surface area (Å²) >= 11 is 5.89. The van der Waals surface area contributed by atoms with Crippen LogP contribution in [0.3, 0.4) is 0 Å². The first-order chi connectivity index (χ1) is 16.4. The van der Waals surface area contributed by atoms with Gasteiger partial charge in [-0.25, -0.2) is 14.4 Å². The van der Waals surface area contributed by atoms with Gasteiger partial charge in [-0.3, -0.25) is 9.79 Å². The number of hydrogen-bond donors (Lipinski definition) is 2. The summed E-state index contributed by atoms with van der Waals surface area (Å²) in [5.74, 6) is -0.106. The second-order valence-electron chi connectivity index (χ2n) is 8.42. The molecule has 1 aliphatic carbocycles. The average molecular weight is 480 g/mol. The Kier molecular flexibility index (Phi) is 6.02. The van der Waals surface area contributed by atoms with Crippen LogP contribution in [-0.4, -0.2) is 38.0 Å². The quantitative estimate of drug-likeness (QED) is 0.547. The lowest BCUT2D eigenvalue weighted by Gasteiger charge is -2.19. The zero-order chi connectivity index (χ0) is 23.8. The van der Waals surface area contributed by atoms with Crippen LogP contribution in [0.5, 0.6) is 0 Å². The van der Waals surface area contributed by atoms with E-state index in [0.717, 1.165) is 25.0 Å². The van der Waals surface area contributed by atoms with Gasteiger partial charge in [0.1, 0.15) is 5.82 Å². The molecule has 0 bridgehead atoms. The van der Waals surface area contributed by atoms with Crippen LogP contribution in [0, 0.1) is 5.82 Å². The van der Waals surface area contributed by atoms with Gasteiger partial charge in [0.15, 0.2) is 0 Å². The molecular weight excluding hydrogens is 457 g/mol. The van der Waals surface area contributed by atoms with Crippen molar-refractivity contribution >= 4 is 23.3 Å². The monoisotopic (exact) mass is 479 g/mol. The first-order valence-electron chi connectivity index (χ1n) is 11.1. The number of aliphatic imine (C=N–C) groups is 1. The molecule has 2 N–H and O–H groups in total. The van der Waals surface area contributed by atoms with E-state index >= 15 is 0 Å². The third-order valence-corrected chi connectivity index (χ3v) is 6.55. The summed E-state index contributed by atoms with van der Waals surface area (Å²) in [6, 6.07) is 8.44. The topological polar surface area (TPSA) is 92.4 Å². The maximum atomic E-state index is 13.5. The van der Waals surface area contributed by atoms with Gasteiger partial charge in [0.25, 0.3) is 5.56 Å². The number of fused-ring (bicyclic) bond motifs is 1. The normalized spacial score (nSPS) is 18.1. The number of rotatable bonds is 6. The molecule has 3 aromatic rings. The van der Waals surface area contributed by atoms with Gasteiger partial charge in [-0.15, -0.1) is 0 Å². The molecule has 7 nitrogen and oxygen atoms in total. The Labute approximate surface area is 200 Å². The molecule has 1 fully saturated rings. The highest BCUT2D eigenvalue weighted by molar-refractivity contribution is 6.30. The number of allylic oxidation sites excluding steroid dienone is 1. The van der Waals surface area contributed by atoms with Gasteiger partial charge in [-0.2, -0.15) is 0 Å². The molecule has 0 amide bonds. The molecule has 0 spiro atoms. The van der Waals surface area contributed by atoms with Crippen LogP contribution in [0.2, 0.25) is 5.02 Å². The lowest BCUT2D eigenvalue weighted by atomic mass is 10.1. The fourth-order valence-corrected chi connectivity index (χ4v) is 4.76. The largest absolute Gasteiger partial charge is 0.394 e. The predicted molar refractivity (Wildman–Crippen MR) is 130 cm³/mol. The Morgan fingerprint density at radius 1 is 1.26 bits per heavy atom. The van der Waals surface area contributed by atoms with Crippen LogP contribution in [0.1, 0.15) is 37.8 Å². The van der Waals surface area contributed by atoms with Crippen LogP contribution in [0.15, 0.2) is 69.8 Å². The predicted octanol–water partition coefficient (Wildman–Crippen LogP) is 4.37. The molecule has 1 saturated carbocycles. The summed E-state index contributed by atoms with van der Waals surface area (Å²) in [5, 5.41) is 13.2. The molecule has 0 radical (unpaired) electrons. The van der Waals surface area contributed by atoms with Crippen molar-refractivity contribution in [3.05, 3.63) is 86.8 Å². The highest BCUT2D eigenvalue weighted by atomic mass is 35.5. The highest BCUT2D eigenvalue weighted by Crippen LogP contribution is 2.33. The maximum absolute atomic E-state index is 13.5. The van der Waals surface area contributed by atoms with Crippen molar-refractivity contribution in [2.45, 2.75) is 38.3 Å². The molecule has 2 aromatic heterocycles. The summed E-state index contributed by atoms with van der Waals surface area (Å²) < 4.78 is 14.9. The number of pyridine rings is 1. The first kappa shape index (κ1) is 22.4. The van der Waals surface area contributed by atoms with E-state index in [0.29, 0.717) is 22.8 Å². The fraction of sp³-hybridized carbons (Fsp3) is 0.280. The molecule has 1 aromatic carbocycles. The Hall–Kier alpha value is -3.36. The molecule has 2 atom stereocenters. The molecule has 0 saturated heterocycles. The number of aromatic nitrogens is 3. The number of benzene rings is 1. The average Bonchev–Trinajstić information content (AvgIpc) is 3.39. The Balaban J connectivity index is 1.42. The van der Waals surface area contributed by atoms with E-state index in [1.165, 1.54) is 40.1 Å². The van der Waals surface area contributed by atoms with Crippen molar-refractivity contribution in [1.29, 1.82) is 0 Å². The number of aliphatic hydroxyl groups excluding tert-OH is 1. The van der Waals surface area contributed by atoms with Crippen molar-refractivity contribution in [1.82, 2.24) is 14.5 Å². The maximum Gasteiger partial charge on any atom is 0.251 e. The number of halogens is 2. The van der Waals surface area contributed by atoms with Crippen molar-refractivity contribution < 1.29 is 9.50 Å². The van der Waals surface area contributed by atoms with Crippen LogP contribution < -0.4 is 10.9 Å². The number of aliphatic hydroxyl groups is 1. The Morgan fingerprint density at radius 3 is 2.88 bits per heavy atom. The molecule has 1 aliphatic heterocycles. The molecule has 9 heteroatoms. The van der Waals surface area contributed by atoms with Crippen molar-refractivity contribution in [2.24, 2.45) is 4.99 Å². The number of nitrogens with one attached hydrogen (secondary N) is 1. The molecule has 3 heterocycles. The lowest BCUT2D eigenvalue weighted by molar-refractivity contribution is 0.247. The molecular formula is C25H23ClFN5O2. The highest BCUT2D eigenvalue weighted by Gasteiger charge is 2.29. The van der Waals surface area contributed by atoms with Gasteiger partial charge >= 0.3 is 0 Å². The molecule has 1 unspecified atom stereocenters. The van der Waals surface area contributed by atoms with E-state index in [9.17, 15) is 14.3 Å². The van der Waals surface area contributed by atoms with E-state index in [4.69, 9.17) is 16.6 Å². The van der Waals surface area contributed by atoms with Crippen LogP contribution in [-0.2, 0) is 0 Å². The van der Waals surface area contributed by atoms with E-state index < -0.39 is 11.9 Å².